The maximum absolute atomic E-state index is 10.7. The molecule has 0 bridgehead atoms. The number of aromatic nitrogens is 1. The van der Waals surface area contributed by atoms with Crippen molar-refractivity contribution < 1.29 is 15.1 Å². The predicted octanol–water partition coefficient (Wildman–Crippen LogP) is 0.517. The first-order valence-electron chi connectivity index (χ1n) is 4.37. The maximum Gasteiger partial charge on any atom is 0.311 e. The van der Waals surface area contributed by atoms with Gasteiger partial charge in [0.2, 0.25) is 0 Å². The van der Waals surface area contributed by atoms with E-state index in [0.29, 0.717) is 4.47 Å². The molecule has 0 fully saturated rings. The summed E-state index contributed by atoms with van der Waals surface area (Å²) in [6.07, 6.45) is 1.54. The zero-order valence-corrected chi connectivity index (χ0v) is 9.72. The molecule has 1 rings (SSSR count). The van der Waals surface area contributed by atoms with Gasteiger partial charge in [-0.05, 0) is 15.9 Å². The first kappa shape index (κ1) is 12.8. The van der Waals surface area contributed by atoms with E-state index in [-0.39, 0.29) is 17.9 Å². The van der Waals surface area contributed by atoms with Gasteiger partial charge in [-0.25, -0.2) is 0 Å². The number of halogens is 1. The number of nitro groups is 1. The van der Waals surface area contributed by atoms with Gasteiger partial charge in [-0.15, -0.1) is 0 Å². The van der Waals surface area contributed by atoms with Crippen LogP contribution in [0.3, 0.4) is 0 Å². The molecule has 7 nitrogen and oxygen atoms in total. The van der Waals surface area contributed by atoms with Gasteiger partial charge >= 0.3 is 5.69 Å². The molecule has 0 radical (unpaired) electrons. The van der Waals surface area contributed by atoms with Crippen LogP contribution in [0.5, 0.6) is 0 Å². The van der Waals surface area contributed by atoms with Gasteiger partial charge in [0.1, 0.15) is 11.9 Å². The van der Waals surface area contributed by atoms with Crippen molar-refractivity contribution in [2.75, 3.05) is 18.5 Å². The zero-order valence-electron chi connectivity index (χ0n) is 8.13. The SMILES string of the molecule is O=[N+]([O-])c1cncc(Br)c1NC[C@H](O)CO. The van der Waals surface area contributed by atoms with Crippen molar-refractivity contribution in [2.24, 2.45) is 0 Å². The molecule has 0 saturated heterocycles. The van der Waals surface area contributed by atoms with Gasteiger partial charge in [-0.3, -0.25) is 15.1 Å². The standard InChI is InChI=1S/C8H10BrN3O4/c9-6-2-10-3-7(12(15)16)8(6)11-1-5(14)4-13/h2-3,5,13-14H,1,4H2,(H,10,11)/t5-/m0/s1. The van der Waals surface area contributed by atoms with E-state index < -0.39 is 17.6 Å². The van der Waals surface area contributed by atoms with Crippen LogP contribution < -0.4 is 5.32 Å². The minimum absolute atomic E-state index is 0.0138. The minimum atomic E-state index is -0.973. The molecule has 0 aliphatic carbocycles. The van der Waals surface area contributed by atoms with Crippen molar-refractivity contribution in [3.05, 3.63) is 27.0 Å². The van der Waals surface area contributed by atoms with Crippen molar-refractivity contribution in [3.63, 3.8) is 0 Å². The van der Waals surface area contributed by atoms with E-state index in [1.54, 1.807) is 0 Å². The lowest BCUT2D eigenvalue weighted by Crippen LogP contribution is -2.23. The fraction of sp³-hybridized carbons (Fsp3) is 0.375. The van der Waals surface area contributed by atoms with Crippen LogP contribution in [0.15, 0.2) is 16.9 Å². The lowest BCUT2D eigenvalue weighted by atomic mass is 10.3. The summed E-state index contributed by atoms with van der Waals surface area (Å²) in [6, 6.07) is 0. The number of anilines is 1. The first-order chi connectivity index (χ1) is 7.56. The second-order valence-electron chi connectivity index (χ2n) is 2.99. The highest BCUT2D eigenvalue weighted by Gasteiger charge is 2.17. The van der Waals surface area contributed by atoms with E-state index >= 15 is 0 Å². The lowest BCUT2D eigenvalue weighted by molar-refractivity contribution is -0.384. The Morgan fingerprint density at radius 3 is 2.88 bits per heavy atom. The number of pyridine rings is 1. The predicted molar refractivity (Wildman–Crippen MR) is 60.2 cm³/mol. The Morgan fingerprint density at radius 2 is 2.31 bits per heavy atom. The van der Waals surface area contributed by atoms with Crippen molar-refractivity contribution in [3.8, 4) is 0 Å². The van der Waals surface area contributed by atoms with E-state index in [1.165, 1.54) is 6.20 Å². The number of nitrogens with one attached hydrogen (secondary N) is 1. The van der Waals surface area contributed by atoms with Gasteiger partial charge in [0.25, 0.3) is 0 Å². The Balaban J connectivity index is 2.88. The molecule has 0 spiro atoms. The first-order valence-corrected chi connectivity index (χ1v) is 5.16. The van der Waals surface area contributed by atoms with Crippen molar-refractivity contribution >= 4 is 27.3 Å². The molecule has 88 valence electrons. The molecular formula is C8H10BrN3O4. The van der Waals surface area contributed by atoms with Gasteiger partial charge in [0.05, 0.1) is 22.1 Å². The zero-order chi connectivity index (χ0) is 12.1. The molecular weight excluding hydrogens is 282 g/mol. The normalized spacial score (nSPS) is 12.2. The molecule has 3 N–H and O–H groups in total. The van der Waals surface area contributed by atoms with Crippen LogP contribution in [-0.2, 0) is 0 Å². The summed E-state index contributed by atoms with van der Waals surface area (Å²) >= 11 is 3.11. The van der Waals surface area contributed by atoms with Crippen molar-refractivity contribution in [1.29, 1.82) is 0 Å². The molecule has 0 amide bonds. The molecule has 1 aromatic rings. The monoisotopic (exact) mass is 291 g/mol. The number of hydrogen-bond acceptors (Lipinski definition) is 6. The number of aliphatic hydroxyl groups is 2. The number of aliphatic hydroxyl groups excluding tert-OH is 2. The van der Waals surface area contributed by atoms with Crippen LogP contribution in [0.25, 0.3) is 0 Å². The second-order valence-corrected chi connectivity index (χ2v) is 3.84. The molecule has 1 heterocycles. The summed E-state index contributed by atoms with van der Waals surface area (Å²) in [4.78, 5) is 13.8. The fourth-order valence-electron chi connectivity index (χ4n) is 1.02. The fourth-order valence-corrected chi connectivity index (χ4v) is 1.48. The highest BCUT2D eigenvalue weighted by atomic mass is 79.9. The van der Waals surface area contributed by atoms with Crippen LogP contribution in [-0.4, -0.2) is 39.4 Å². The minimum Gasteiger partial charge on any atom is -0.394 e. The van der Waals surface area contributed by atoms with Crippen molar-refractivity contribution in [2.45, 2.75) is 6.10 Å². The maximum atomic E-state index is 10.7. The molecule has 0 saturated carbocycles. The second kappa shape index (κ2) is 5.73. The van der Waals surface area contributed by atoms with E-state index in [1.807, 2.05) is 0 Å². The molecule has 0 aromatic carbocycles. The van der Waals surface area contributed by atoms with Crippen LogP contribution in [0, 0.1) is 10.1 Å². The topological polar surface area (TPSA) is 109 Å². The summed E-state index contributed by atoms with van der Waals surface area (Å²) in [5.41, 5.74) is 0.0343. The van der Waals surface area contributed by atoms with Crippen LogP contribution >= 0.6 is 15.9 Å². The highest BCUT2D eigenvalue weighted by molar-refractivity contribution is 9.10. The Hall–Kier alpha value is -1.25. The van der Waals surface area contributed by atoms with E-state index in [2.05, 4.69) is 26.2 Å². The lowest BCUT2D eigenvalue weighted by Gasteiger charge is -2.11. The third kappa shape index (κ3) is 3.12. The van der Waals surface area contributed by atoms with Gasteiger partial charge in [-0.2, -0.15) is 0 Å². The average molecular weight is 292 g/mol. The van der Waals surface area contributed by atoms with E-state index in [4.69, 9.17) is 10.2 Å². The van der Waals surface area contributed by atoms with Gasteiger partial charge < -0.3 is 15.5 Å². The summed E-state index contributed by atoms with van der Waals surface area (Å²) in [5.74, 6) is 0. The van der Waals surface area contributed by atoms with E-state index in [0.717, 1.165) is 6.20 Å². The van der Waals surface area contributed by atoms with Crippen LogP contribution in [0.2, 0.25) is 0 Å². The van der Waals surface area contributed by atoms with Crippen LogP contribution in [0.1, 0.15) is 0 Å². The molecule has 1 aromatic heterocycles. The largest absolute Gasteiger partial charge is 0.394 e. The molecule has 0 unspecified atom stereocenters. The number of rotatable bonds is 5. The Kier molecular flexibility index (Phi) is 4.59. The molecule has 8 heteroatoms. The summed E-state index contributed by atoms with van der Waals surface area (Å²) < 4.78 is 0.423. The number of nitrogens with zero attached hydrogens (tertiary/aromatic N) is 2. The third-order valence-corrected chi connectivity index (χ3v) is 2.40. The third-order valence-electron chi connectivity index (χ3n) is 1.80. The average Bonchev–Trinajstić information content (AvgIpc) is 2.26. The Labute approximate surface area is 99.4 Å². The Morgan fingerprint density at radius 1 is 1.62 bits per heavy atom. The summed E-state index contributed by atoms with van der Waals surface area (Å²) in [5, 5.41) is 31.1. The molecule has 0 aliphatic rings. The smallest absolute Gasteiger partial charge is 0.311 e. The molecule has 16 heavy (non-hydrogen) atoms. The summed E-state index contributed by atoms with van der Waals surface area (Å²) in [7, 11) is 0. The van der Waals surface area contributed by atoms with Gasteiger partial charge in [-0.1, -0.05) is 0 Å². The van der Waals surface area contributed by atoms with Gasteiger partial charge in [0.15, 0.2) is 0 Å². The number of hydrogen-bond donors (Lipinski definition) is 3. The Bertz CT molecular complexity index is 388. The molecule has 1 atom stereocenters. The van der Waals surface area contributed by atoms with Gasteiger partial charge in [0, 0.05) is 12.7 Å². The highest BCUT2D eigenvalue weighted by Crippen LogP contribution is 2.30. The quantitative estimate of drug-likeness (QED) is 0.539. The van der Waals surface area contributed by atoms with E-state index in [9.17, 15) is 10.1 Å². The molecule has 0 aliphatic heterocycles. The van der Waals surface area contributed by atoms with Crippen molar-refractivity contribution in [1.82, 2.24) is 4.98 Å². The summed E-state index contributed by atoms with van der Waals surface area (Å²) in [6.45, 7) is -0.399. The van der Waals surface area contributed by atoms with Crippen LogP contribution in [0.4, 0.5) is 11.4 Å².